The Morgan fingerprint density at radius 2 is 1.69 bits per heavy atom. The normalized spacial score (nSPS) is 14.4. The molecule has 9 nitrogen and oxygen atoms in total. The van der Waals surface area contributed by atoms with Crippen LogP contribution in [0.2, 0.25) is 0 Å². The van der Waals surface area contributed by atoms with Crippen LogP contribution in [0.1, 0.15) is 44.9 Å². The molecule has 1 amide bonds. The summed E-state index contributed by atoms with van der Waals surface area (Å²) in [7, 11) is 2.10. The first-order chi connectivity index (χ1) is 22.9. The Kier molecular flexibility index (Phi) is 13.4. The molecule has 4 rings (SSSR count). The van der Waals surface area contributed by atoms with Crippen molar-refractivity contribution >= 4 is 28.4 Å². The Labute approximate surface area is 281 Å². The molecule has 2 aromatic carbocycles. The summed E-state index contributed by atoms with van der Waals surface area (Å²) in [5.41, 5.74) is 3.13. The average molecular weight is 672 g/mol. The van der Waals surface area contributed by atoms with Crippen molar-refractivity contribution in [1.29, 1.82) is 0 Å². The van der Waals surface area contributed by atoms with E-state index in [-0.39, 0.29) is 12.6 Å². The first-order valence-corrected chi connectivity index (χ1v) is 16.4. The van der Waals surface area contributed by atoms with E-state index in [1.54, 1.807) is 18.2 Å². The number of alkyl carbamates (subject to hydrolysis) is 1. The monoisotopic (exact) mass is 671 g/mol. The molecule has 0 aliphatic carbocycles. The second kappa shape index (κ2) is 17.5. The number of hydrogen-bond donors (Lipinski definition) is 3. The number of piperidine rings is 1. The number of aromatic nitrogens is 1. The van der Waals surface area contributed by atoms with E-state index < -0.39 is 24.4 Å². The van der Waals surface area contributed by atoms with Gasteiger partial charge in [-0.2, -0.15) is 13.2 Å². The van der Waals surface area contributed by atoms with Gasteiger partial charge in [0.15, 0.2) is 0 Å². The van der Waals surface area contributed by atoms with E-state index in [1.807, 2.05) is 51.1 Å². The number of amides is 1. The van der Waals surface area contributed by atoms with Gasteiger partial charge in [0.25, 0.3) is 0 Å². The van der Waals surface area contributed by atoms with Crippen molar-refractivity contribution in [2.75, 3.05) is 70.3 Å². The number of carbonyl (C=O) groups is 1. The molecule has 3 aromatic rings. The molecule has 1 saturated heterocycles. The Morgan fingerprint density at radius 1 is 0.979 bits per heavy atom. The summed E-state index contributed by atoms with van der Waals surface area (Å²) in [6.45, 7) is 8.72. The second-order valence-corrected chi connectivity index (χ2v) is 12.9. The van der Waals surface area contributed by atoms with Gasteiger partial charge < -0.3 is 39.6 Å². The number of alkyl halides is 3. The van der Waals surface area contributed by atoms with Gasteiger partial charge in [-0.05, 0) is 102 Å². The SMILES string of the molecule is CN1CCC(Nc2cccc3c2cc(C#CCNc2ccc(CCOCCOCCNC(=O)OC(C)(C)C)cc2)n3CC(F)(F)F)CC1. The first-order valence-electron chi connectivity index (χ1n) is 16.4. The van der Waals surface area contributed by atoms with Crippen LogP contribution >= 0.6 is 0 Å². The number of ether oxygens (including phenoxy) is 3. The minimum Gasteiger partial charge on any atom is -0.444 e. The minimum absolute atomic E-state index is 0.280. The number of rotatable bonds is 14. The van der Waals surface area contributed by atoms with Crippen molar-refractivity contribution in [3.05, 3.63) is 59.8 Å². The standard InChI is InChI=1S/C36H48F3N5O4/c1-35(2,3)48-34(45)41-18-22-47-24-23-46-21-16-27-10-12-28(13-11-27)40-17-6-7-30-25-31-32(42-29-14-19-43(4)20-15-29)8-5-9-33(31)44(30)26-36(37,38)39/h5,8-13,25,29,40,42H,14-24,26H2,1-4H3,(H,41,45). The number of hydrogen-bond acceptors (Lipinski definition) is 7. The molecule has 0 saturated carbocycles. The third-order valence-electron chi connectivity index (χ3n) is 7.73. The zero-order valence-electron chi connectivity index (χ0n) is 28.3. The summed E-state index contributed by atoms with van der Waals surface area (Å²) >= 11 is 0. The van der Waals surface area contributed by atoms with Gasteiger partial charge in [0, 0.05) is 29.3 Å². The van der Waals surface area contributed by atoms with E-state index in [0.717, 1.165) is 54.7 Å². The van der Waals surface area contributed by atoms with Crippen LogP contribution in [0.5, 0.6) is 0 Å². The fourth-order valence-corrected chi connectivity index (χ4v) is 5.36. The number of fused-ring (bicyclic) bond motifs is 1. The van der Waals surface area contributed by atoms with Crippen LogP contribution in [-0.2, 0) is 27.2 Å². The highest BCUT2D eigenvalue weighted by Crippen LogP contribution is 2.31. The summed E-state index contributed by atoms with van der Waals surface area (Å²) in [4.78, 5) is 13.9. The molecule has 0 radical (unpaired) electrons. The van der Waals surface area contributed by atoms with Gasteiger partial charge in [0.2, 0.25) is 0 Å². The van der Waals surface area contributed by atoms with E-state index in [4.69, 9.17) is 14.2 Å². The molecule has 0 atom stereocenters. The number of nitrogens with zero attached hydrogens (tertiary/aromatic N) is 2. The smallest absolute Gasteiger partial charge is 0.407 e. The average Bonchev–Trinajstić information content (AvgIpc) is 3.36. The van der Waals surface area contributed by atoms with E-state index in [9.17, 15) is 18.0 Å². The Balaban J connectivity index is 1.22. The van der Waals surface area contributed by atoms with Crippen LogP contribution in [0.3, 0.4) is 0 Å². The predicted octanol–water partition coefficient (Wildman–Crippen LogP) is 6.27. The van der Waals surface area contributed by atoms with Crippen molar-refractivity contribution in [2.24, 2.45) is 0 Å². The highest BCUT2D eigenvalue weighted by Gasteiger charge is 2.30. The van der Waals surface area contributed by atoms with Crippen LogP contribution in [0, 0.1) is 11.8 Å². The first kappa shape index (κ1) is 36.9. The zero-order valence-corrected chi connectivity index (χ0v) is 28.3. The highest BCUT2D eigenvalue weighted by atomic mass is 19.4. The minimum atomic E-state index is -4.37. The van der Waals surface area contributed by atoms with Crippen LogP contribution < -0.4 is 16.0 Å². The lowest BCUT2D eigenvalue weighted by Crippen LogP contribution is -2.36. The molecule has 1 aliphatic rings. The molecule has 1 aliphatic heterocycles. The molecule has 12 heteroatoms. The van der Waals surface area contributed by atoms with Gasteiger partial charge >= 0.3 is 12.3 Å². The Morgan fingerprint density at radius 3 is 2.38 bits per heavy atom. The van der Waals surface area contributed by atoms with Gasteiger partial charge in [-0.25, -0.2) is 4.79 Å². The summed E-state index contributed by atoms with van der Waals surface area (Å²) in [6.07, 6.45) is -2.14. The molecule has 262 valence electrons. The lowest BCUT2D eigenvalue weighted by molar-refractivity contribution is -0.140. The van der Waals surface area contributed by atoms with Crippen molar-refractivity contribution in [3.8, 4) is 11.8 Å². The van der Waals surface area contributed by atoms with Crippen LogP contribution in [-0.4, -0.2) is 93.0 Å². The fraction of sp³-hybridized carbons (Fsp3) is 0.528. The summed E-state index contributed by atoms with van der Waals surface area (Å²) in [6, 6.07) is 15.4. The van der Waals surface area contributed by atoms with E-state index >= 15 is 0 Å². The number of anilines is 2. The van der Waals surface area contributed by atoms with Crippen LogP contribution in [0.25, 0.3) is 10.9 Å². The molecule has 0 unspecified atom stereocenters. The highest BCUT2D eigenvalue weighted by molar-refractivity contribution is 5.94. The molecule has 0 bridgehead atoms. The Bertz CT molecular complexity index is 1520. The number of likely N-dealkylation sites (tertiary alicyclic amines) is 1. The number of carbonyl (C=O) groups excluding carboxylic acids is 1. The largest absolute Gasteiger partial charge is 0.444 e. The molecular formula is C36H48F3N5O4. The molecule has 3 N–H and O–H groups in total. The van der Waals surface area contributed by atoms with Crippen molar-refractivity contribution < 1.29 is 32.2 Å². The maximum Gasteiger partial charge on any atom is 0.407 e. The molecule has 1 fully saturated rings. The van der Waals surface area contributed by atoms with Crippen molar-refractivity contribution in [1.82, 2.24) is 14.8 Å². The summed E-state index contributed by atoms with van der Waals surface area (Å²) < 4.78 is 58.3. The third-order valence-corrected chi connectivity index (χ3v) is 7.73. The van der Waals surface area contributed by atoms with Gasteiger partial charge in [-0.15, -0.1) is 0 Å². The second-order valence-electron chi connectivity index (χ2n) is 12.9. The number of nitrogens with one attached hydrogen (secondary N) is 3. The molecule has 0 spiro atoms. The maximum atomic E-state index is 13.6. The molecule has 48 heavy (non-hydrogen) atoms. The molecular weight excluding hydrogens is 623 g/mol. The maximum absolute atomic E-state index is 13.6. The summed E-state index contributed by atoms with van der Waals surface area (Å²) in [5, 5.41) is 10.2. The van der Waals surface area contributed by atoms with Crippen LogP contribution in [0.4, 0.5) is 29.3 Å². The Hall–Kier alpha value is -3.92. The lowest BCUT2D eigenvalue weighted by Gasteiger charge is -2.30. The van der Waals surface area contributed by atoms with E-state index in [0.29, 0.717) is 44.2 Å². The predicted molar refractivity (Wildman–Crippen MR) is 184 cm³/mol. The van der Waals surface area contributed by atoms with Gasteiger partial charge in [0.1, 0.15) is 12.1 Å². The quantitative estimate of drug-likeness (QED) is 0.138. The van der Waals surface area contributed by atoms with Crippen LogP contribution in [0.15, 0.2) is 48.5 Å². The molecule has 2 heterocycles. The molecule has 1 aromatic heterocycles. The van der Waals surface area contributed by atoms with E-state index in [2.05, 4.69) is 39.7 Å². The number of halogens is 3. The van der Waals surface area contributed by atoms with Crippen molar-refractivity contribution in [2.45, 2.75) is 64.4 Å². The topological polar surface area (TPSA) is 89.0 Å². The fourth-order valence-electron chi connectivity index (χ4n) is 5.36. The van der Waals surface area contributed by atoms with Gasteiger partial charge in [-0.3, -0.25) is 0 Å². The summed E-state index contributed by atoms with van der Waals surface area (Å²) in [5.74, 6) is 5.98. The zero-order chi connectivity index (χ0) is 34.6. The third kappa shape index (κ3) is 12.6. The number of benzene rings is 2. The van der Waals surface area contributed by atoms with Crippen molar-refractivity contribution in [3.63, 3.8) is 0 Å². The van der Waals surface area contributed by atoms with E-state index in [1.165, 1.54) is 4.57 Å². The van der Waals surface area contributed by atoms with Gasteiger partial charge in [-0.1, -0.05) is 24.1 Å². The van der Waals surface area contributed by atoms with Gasteiger partial charge in [0.05, 0.1) is 44.2 Å². The lowest BCUT2D eigenvalue weighted by atomic mass is 10.0.